The van der Waals surface area contributed by atoms with Crippen molar-refractivity contribution in [3.05, 3.63) is 17.7 Å². The van der Waals surface area contributed by atoms with Crippen LogP contribution < -0.4 is 11.1 Å². The van der Waals surface area contributed by atoms with Gasteiger partial charge in [0.05, 0.1) is 5.60 Å². The predicted molar refractivity (Wildman–Crippen MR) is 62.1 cm³/mol. The molecule has 0 saturated carbocycles. The van der Waals surface area contributed by atoms with Gasteiger partial charge in [0.2, 0.25) is 0 Å². The number of nitrogens with zero attached hydrogens (tertiary/aromatic N) is 1. The number of pyridine rings is 1. The largest absolute Gasteiger partial charge is 0.388 e. The number of aliphatic hydroxyl groups is 1. The molecule has 5 nitrogen and oxygen atoms in total. The Morgan fingerprint density at radius 2 is 2.06 bits per heavy atom. The molecule has 7 heteroatoms. The first-order chi connectivity index (χ1) is 8.50. The van der Waals surface area contributed by atoms with Crippen LogP contribution in [0.4, 0.5) is 20.4 Å². The molecule has 1 fully saturated rings. The molecule has 4 N–H and O–H groups in total. The molecule has 0 unspecified atom stereocenters. The second-order valence-corrected chi connectivity index (χ2v) is 4.38. The molecule has 100 valence electrons. The quantitative estimate of drug-likeness (QED) is 0.751. The van der Waals surface area contributed by atoms with Gasteiger partial charge in [0.15, 0.2) is 23.3 Å². The number of nitrogens with two attached hydrogens (primary N) is 1. The third-order valence-corrected chi connectivity index (χ3v) is 2.97. The first-order valence-corrected chi connectivity index (χ1v) is 5.66. The molecule has 1 saturated heterocycles. The van der Waals surface area contributed by atoms with Crippen molar-refractivity contribution >= 4 is 11.6 Å². The van der Waals surface area contributed by atoms with Gasteiger partial charge in [-0.15, -0.1) is 0 Å². The average molecular weight is 259 g/mol. The van der Waals surface area contributed by atoms with E-state index in [4.69, 9.17) is 10.5 Å². The van der Waals surface area contributed by atoms with E-state index in [1.54, 1.807) is 0 Å². The molecule has 0 aromatic carbocycles. The summed E-state index contributed by atoms with van der Waals surface area (Å²) in [5.74, 6) is -2.27. The molecule has 0 amide bonds. The number of hydrogen-bond donors (Lipinski definition) is 3. The lowest BCUT2D eigenvalue weighted by Crippen LogP contribution is -2.42. The van der Waals surface area contributed by atoms with E-state index in [0.717, 1.165) is 0 Å². The first kappa shape index (κ1) is 13.0. The SMILES string of the molecule is Nc1nc(NCC2(O)CCOCC2)c(F)cc1F. The van der Waals surface area contributed by atoms with E-state index in [1.807, 2.05) is 0 Å². The van der Waals surface area contributed by atoms with Crippen molar-refractivity contribution in [1.29, 1.82) is 0 Å². The summed E-state index contributed by atoms with van der Waals surface area (Å²) in [6, 6.07) is 0.665. The van der Waals surface area contributed by atoms with Gasteiger partial charge in [-0.1, -0.05) is 0 Å². The Kier molecular flexibility index (Phi) is 3.63. The Hall–Kier alpha value is -1.47. The molecule has 1 aliphatic rings. The van der Waals surface area contributed by atoms with Crippen LogP contribution in [-0.4, -0.2) is 35.5 Å². The molecule has 0 atom stereocenters. The second-order valence-electron chi connectivity index (χ2n) is 4.38. The summed E-state index contributed by atoms with van der Waals surface area (Å²) in [5.41, 5.74) is 4.29. The fourth-order valence-electron chi connectivity index (χ4n) is 1.78. The molecule has 2 heterocycles. The minimum atomic E-state index is -0.963. The molecule has 2 rings (SSSR count). The molecule has 1 aliphatic heterocycles. The van der Waals surface area contributed by atoms with Crippen LogP contribution in [0.5, 0.6) is 0 Å². The van der Waals surface area contributed by atoms with E-state index >= 15 is 0 Å². The van der Waals surface area contributed by atoms with Crippen molar-refractivity contribution in [2.75, 3.05) is 30.8 Å². The van der Waals surface area contributed by atoms with E-state index in [0.29, 0.717) is 32.1 Å². The van der Waals surface area contributed by atoms with Gasteiger partial charge in [-0.2, -0.15) is 0 Å². The highest BCUT2D eigenvalue weighted by Gasteiger charge is 2.30. The van der Waals surface area contributed by atoms with E-state index in [2.05, 4.69) is 10.3 Å². The lowest BCUT2D eigenvalue weighted by atomic mass is 9.94. The van der Waals surface area contributed by atoms with Crippen LogP contribution in [0, 0.1) is 11.6 Å². The summed E-state index contributed by atoms with van der Waals surface area (Å²) in [4.78, 5) is 3.56. The molecule has 1 aromatic rings. The Labute approximate surface area is 103 Å². The summed E-state index contributed by atoms with van der Waals surface area (Å²) in [7, 11) is 0. The van der Waals surface area contributed by atoms with E-state index < -0.39 is 17.2 Å². The van der Waals surface area contributed by atoms with Crippen LogP contribution in [-0.2, 0) is 4.74 Å². The third kappa shape index (κ3) is 2.85. The minimum absolute atomic E-state index is 0.116. The molecular formula is C11H15F2N3O2. The maximum atomic E-state index is 13.4. The Morgan fingerprint density at radius 3 is 2.72 bits per heavy atom. The van der Waals surface area contributed by atoms with Gasteiger partial charge in [-0.25, -0.2) is 13.8 Å². The predicted octanol–water partition coefficient (Wildman–Crippen LogP) is 0.895. The first-order valence-electron chi connectivity index (χ1n) is 5.66. The van der Waals surface area contributed by atoms with Crippen LogP contribution in [0.15, 0.2) is 6.07 Å². The smallest absolute Gasteiger partial charge is 0.168 e. The van der Waals surface area contributed by atoms with Gasteiger partial charge >= 0.3 is 0 Å². The van der Waals surface area contributed by atoms with Crippen LogP contribution in [0.2, 0.25) is 0 Å². The van der Waals surface area contributed by atoms with Crippen LogP contribution in [0.1, 0.15) is 12.8 Å². The van der Waals surface area contributed by atoms with Gasteiger partial charge in [0.1, 0.15) is 0 Å². The number of rotatable bonds is 3. The van der Waals surface area contributed by atoms with Crippen molar-refractivity contribution in [2.24, 2.45) is 0 Å². The van der Waals surface area contributed by atoms with E-state index in [9.17, 15) is 13.9 Å². The fraction of sp³-hybridized carbons (Fsp3) is 0.545. The highest BCUT2D eigenvalue weighted by Crippen LogP contribution is 2.22. The Balaban J connectivity index is 2.03. The maximum absolute atomic E-state index is 13.4. The Morgan fingerprint density at radius 1 is 1.39 bits per heavy atom. The monoisotopic (exact) mass is 259 g/mol. The third-order valence-electron chi connectivity index (χ3n) is 2.97. The normalized spacial score (nSPS) is 18.6. The molecule has 0 radical (unpaired) electrons. The number of nitrogens with one attached hydrogen (secondary N) is 1. The van der Waals surface area contributed by atoms with Crippen LogP contribution in [0.25, 0.3) is 0 Å². The molecule has 0 spiro atoms. The topological polar surface area (TPSA) is 80.4 Å². The zero-order chi connectivity index (χ0) is 13.2. The lowest BCUT2D eigenvalue weighted by molar-refractivity contribution is -0.0544. The van der Waals surface area contributed by atoms with E-state index in [-0.39, 0.29) is 18.2 Å². The highest BCUT2D eigenvalue weighted by molar-refractivity contribution is 5.45. The number of halogens is 2. The average Bonchev–Trinajstić information content (AvgIpc) is 2.33. The van der Waals surface area contributed by atoms with Crippen LogP contribution >= 0.6 is 0 Å². The van der Waals surface area contributed by atoms with Crippen molar-refractivity contribution in [3.63, 3.8) is 0 Å². The zero-order valence-corrected chi connectivity index (χ0v) is 9.75. The summed E-state index contributed by atoms with van der Waals surface area (Å²) in [6.07, 6.45) is 0.913. The summed E-state index contributed by atoms with van der Waals surface area (Å²) < 4.78 is 31.4. The molecule has 1 aromatic heterocycles. The zero-order valence-electron chi connectivity index (χ0n) is 9.75. The number of ether oxygens (including phenoxy) is 1. The molecule has 0 aliphatic carbocycles. The lowest BCUT2D eigenvalue weighted by Gasteiger charge is -2.32. The molecular weight excluding hydrogens is 244 g/mol. The van der Waals surface area contributed by atoms with Crippen LogP contribution in [0.3, 0.4) is 0 Å². The van der Waals surface area contributed by atoms with Gasteiger partial charge in [-0.3, -0.25) is 0 Å². The second kappa shape index (κ2) is 5.03. The summed E-state index contributed by atoms with van der Waals surface area (Å²) in [6.45, 7) is 1.03. The Bertz CT molecular complexity index is 437. The number of hydrogen-bond acceptors (Lipinski definition) is 5. The van der Waals surface area contributed by atoms with Gasteiger partial charge < -0.3 is 20.9 Å². The van der Waals surface area contributed by atoms with Crippen molar-refractivity contribution in [2.45, 2.75) is 18.4 Å². The molecule has 18 heavy (non-hydrogen) atoms. The molecule has 0 bridgehead atoms. The van der Waals surface area contributed by atoms with Gasteiger partial charge in [0, 0.05) is 38.7 Å². The fourth-order valence-corrected chi connectivity index (χ4v) is 1.78. The highest BCUT2D eigenvalue weighted by atomic mass is 19.1. The van der Waals surface area contributed by atoms with Crippen molar-refractivity contribution < 1.29 is 18.6 Å². The van der Waals surface area contributed by atoms with Crippen molar-refractivity contribution in [3.8, 4) is 0 Å². The summed E-state index contributed by atoms with van der Waals surface area (Å²) in [5, 5.41) is 12.8. The van der Waals surface area contributed by atoms with Gasteiger partial charge in [-0.05, 0) is 0 Å². The van der Waals surface area contributed by atoms with E-state index in [1.165, 1.54) is 0 Å². The minimum Gasteiger partial charge on any atom is -0.388 e. The van der Waals surface area contributed by atoms with Gasteiger partial charge in [0.25, 0.3) is 0 Å². The number of anilines is 2. The summed E-state index contributed by atoms with van der Waals surface area (Å²) >= 11 is 0. The standard InChI is InChI=1S/C11H15F2N3O2/c12-7-5-8(13)10(16-9(7)14)15-6-11(17)1-3-18-4-2-11/h5,17H,1-4,6H2,(H3,14,15,16). The number of nitrogen functional groups attached to an aromatic ring is 1. The van der Waals surface area contributed by atoms with Crippen molar-refractivity contribution in [1.82, 2.24) is 4.98 Å². The maximum Gasteiger partial charge on any atom is 0.168 e. The number of aromatic nitrogens is 1.